The van der Waals surface area contributed by atoms with E-state index in [0.717, 1.165) is 12.8 Å². The number of carbonyl (C=O) groups excluding carboxylic acids is 4. The van der Waals surface area contributed by atoms with Gasteiger partial charge in [-0.15, -0.1) is 0 Å². The van der Waals surface area contributed by atoms with E-state index >= 15 is 0 Å². The molecule has 2 aliphatic rings. The second kappa shape index (κ2) is 8.86. The highest BCUT2D eigenvalue weighted by Crippen LogP contribution is 2.22. The van der Waals surface area contributed by atoms with E-state index in [0.29, 0.717) is 43.1 Å². The third kappa shape index (κ3) is 4.32. The number of rotatable bonds is 6. The molecule has 150 valence electrons. The summed E-state index contributed by atoms with van der Waals surface area (Å²) in [6.07, 6.45) is 2.03. The van der Waals surface area contributed by atoms with Crippen LogP contribution in [0.2, 0.25) is 0 Å². The van der Waals surface area contributed by atoms with Crippen LogP contribution in [0.3, 0.4) is 0 Å². The topological polar surface area (TPSA) is 96.0 Å². The van der Waals surface area contributed by atoms with Crippen molar-refractivity contribution in [2.45, 2.75) is 25.7 Å². The fourth-order valence-electron chi connectivity index (χ4n) is 3.64. The largest absolute Gasteiger partial charge is 0.453 e. The number of carbonyl (C=O) groups is 4. The number of nitrogens with zero attached hydrogens (tertiary/aromatic N) is 2. The highest BCUT2D eigenvalue weighted by Gasteiger charge is 2.34. The van der Waals surface area contributed by atoms with Gasteiger partial charge in [0, 0.05) is 32.6 Å². The van der Waals surface area contributed by atoms with Crippen LogP contribution in [0.25, 0.3) is 0 Å². The quantitative estimate of drug-likeness (QED) is 0.749. The molecule has 8 heteroatoms. The normalized spacial score (nSPS) is 16.9. The van der Waals surface area contributed by atoms with Crippen molar-refractivity contribution in [3.63, 3.8) is 0 Å². The zero-order chi connectivity index (χ0) is 20.1. The van der Waals surface area contributed by atoms with Gasteiger partial charge in [0.05, 0.1) is 18.2 Å². The number of methoxy groups -OCH3 is 1. The van der Waals surface area contributed by atoms with Crippen molar-refractivity contribution in [3.05, 3.63) is 35.4 Å². The minimum Gasteiger partial charge on any atom is -0.453 e. The highest BCUT2D eigenvalue weighted by molar-refractivity contribution is 6.21. The van der Waals surface area contributed by atoms with E-state index in [4.69, 9.17) is 4.74 Å². The molecule has 0 radical (unpaired) electrons. The Labute approximate surface area is 163 Å². The number of amides is 4. The van der Waals surface area contributed by atoms with Gasteiger partial charge in [-0.25, -0.2) is 4.79 Å². The Morgan fingerprint density at radius 1 is 1.11 bits per heavy atom. The van der Waals surface area contributed by atoms with Crippen molar-refractivity contribution in [3.8, 4) is 0 Å². The molecule has 0 saturated carbocycles. The average Bonchev–Trinajstić information content (AvgIpc) is 2.97. The van der Waals surface area contributed by atoms with Crippen molar-refractivity contribution in [1.29, 1.82) is 0 Å². The molecule has 0 spiro atoms. The Morgan fingerprint density at radius 2 is 1.71 bits per heavy atom. The summed E-state index contributed by atoms with van der Waals surface area (Å²) in [6.45, 7) is 2.07. The van der Waals surface area contributed by atoms with E-state index in [9.17, 15) is 19.2 Å². The SMILES string of the molecule is COC(=O)N1CCC(CNC(=O)CCCN2C(=O)c3ccccc3C2=O)CC1. The van der Waals surface area contributed by atoms with E-state index in [2.05, 4.69) is 5.32 Å². The number of likely N-dealkylation sites (tertiary alicyclic amines) is 1. The number of hydrogen-bond donors (Lipinski definition) is 1. The zero-order valence-electron chi connectivity index (χ0n) is 16.0. The molecule has 1 N–H and O–H groups in total. The van der Waals surface area contributed by atoms with E-state index in [1.165, 1.54) is 12.0 Å². The number of benzene rings is 1. The molecule has 0 unspecified atom stereocenters. The predicted octanol–water partition coefficient (Wildman–Crippen LogP) is 1.66. The molecule has 1 fully saturated rings. The van der Waals surface area contributed by atoms with Crippen molar-refractivity contribution < 1.29 is 23.9 Å². The molecule has 0 atom stereocenters. The minimum atomic E-state index is -0.310. The average molecular weight is 387 g/mol. The lowest BCUT2D eigenvalue weighted by Gasteiger charge is -2.30. The summed E-state index contributed by atoms with van der Waals surface area (Å²) in [5, 5.41) is 2.91. The van der Waals surface area contributed by atoms with Crippen LogP contribution >= 0.6 is 0 Å². The van der Waals surface area contributed by atoms with Crippen LogP contribution in [0.15, 0.2) is 24.3 Å². The van der Waals surface area contributed by atoms with Gasteiger partial charge in [0.2, 0.25) is 5.91 Å². The fourth-order valence-corrected chi connectivity index (χ4v) is 3.64. The summed E-state index contributed by atoms with van der Waals surface area (Å²) in [7, 11) is 1.37. The number of imide groups is 1. The molecule has 4 amide bonds. The van der Waals surface area contributed by atoms with Gasteiger partial charge < -0.3 is 15.0 Å². The molecule has 1 aromatic rings. The number of hydrogen-bond acceptors (Lipinski definition) is 5. The van der Waals surface area contributed by atoms with Gasteiger partial charge in [-0.2, -0.15) is 0 Å². The first-order valence-electron chi connectivity index (χ1n) is 9.56. The summed E-state index contributed by atoms with van der Waals surface area (Å²) < 4.78 is 4.71. The highest BCUT2D eigenvalue weighted by atomic mass is 16.5. The van der Waals surface area contributed by atoms with Crippen LogP contribution in [0, 0.1) is 5.92 Å². The molecule has 2 heterocycles. The Morgan fingerprint density at radius 3 is 2.29 bits per heavy atom. The number of nitrogens with one attached hydrogen (secondary N) is 1. The van der Waals surface area contributed by atoms with E-state index in [-0.39, 0.29) is 36.8 Å². The zero-order valence-corrected chi connectivity index (χ0v) is 16.0. The molecule has 28 heavy (non-hydrogen) atoms. The Kier molecular flexibility index (Phi) is 6.28. The van der Waals surface area contributed by atoms with Crippen molar-refractivity contribution >= 4 is 23.8 Å². The maximum Gasteiger partial charge on any atom is 0.409 e. The Hall–Kier alpha value is -2.90. The molecule has 2 aliphatic heterocycles. The lowest BCUT2D eigenvalue weighted by atomic mass is 9.97. The van der Waals surface area contributed by atoms with Gasteiger partial charge in [-0.1, -0.05) is 12.1 Å². The molecule has 8 nitrogen and oxygen atoms in total. The van der Waals surface area contributed by atoms with Crippen LogP contribution in [-0.2, 0) is 9.53 Å². The van der Waals surface area contributed by atoms with Gasteiger partial charge >= 0.3 is 6.09 Å². The first-order valence-corrected chi connectivity index (χ1v) is 9.56. The van der Waals surface area contributed by atoms with E-state index in [1.807, 2.05) is 0 Å². The standard InChI is InChI=1S/C20H25N3O5/c1-28-20(27)22-11-8-14(9-12-22)13-21-17(24)7-4-10-23-18(25)15-5-2-3-6-16(15)19(23)26/h2-3,5-6,14H,4,7-13H2,1H3,(H,21,24). The van der Waals surface area contributed by atoms with E-state index in [1.54, 1.807) is 29.2 Å². The van der Waals surface area contributed by atoms with Crippen LogP contribution in [0.4, 0.5) is 4.79 Å². The molecule has 3 rings (SSSR count). The number of piperidine rings is 1. The summed E-state index contributed by atoms with van der Waals surface area (Å²) in [6, 6.07) is 6.76. The summed E-state index contributed by atoms with van der Waals surface area (Å²) in [5.41, 5.74) is 0.852. The Bertz CT molecular complexity index is 736. The van der Waals surface area contributed by atoms with Gasteiger partial charge in [-0.05, 0) is 37.3 Å². The minimum absolute atomic E-state index is 0.0907. The summed E-state index contributed by atoms with van der Waals surface area (Å²) in [5.74, 6) is -0.343. The summed E-state index contributed by atoms with van der Waals surface area (Å²) >= 11 is 0. The molecule has 0 aliphatic carbocycles. The smallest absolute Gasteiger partial charge is 0.409 e. The van der Waals surface area contributed by atoms with Crippen LogP contribution in [-0.4, -0.2) is 66.9 Å². The lowest BCUT2D eigenvalue weighted by molar-refractivity contribution is -0.121. The molecule has 1 aromatic carbocycles. The number of ether oxygens (including phenoxy) is 1. The van der Waals surface area contributed by atoms with Gasteiger partial charge in [0.25, 0.3) is 11.8 Å². The van der Waals surface area contributed by atoms with Crippen LogP contribution < -0.4 is 5.32 Å². The molecule has 0 bridgehead atoms. The molecular formula is C20H25N3O5. The Balaban J connectivity index is 1.35. The summed E-state index contributed by atoms with van der Waals surface area (Å²) in [4.78, 5) is 51.0. The van der Waals surface area contributed by atoms with Gasteiger partial charge in [-0.3, -0.25) is 19.3 Å². The maximum absolute atomic E-state index is 12.3. The predicted molar refractivity (Wildman–Crippen MR) is 101 cm³/mol. The first kappa shape index (κ1) is 19.9. The van der Waals surface area contributed by atoms with Gasteiger partial charge in [0.15, 0.2) is 0 Å². The van der Waals surface area contributed by atoms with Crippen molar-refractivity contribution in [2.75, 3.05) is 33.3 Å². The second-order valence-corrected chi connectivity index (χ2v) is 7.12. The first-order chi connectivity index (χ1) is 13.5. The lowest BCUT2D eigenvalue weighted by Crippen LogP contribution is -2.41. The van der Waals surface area contributed by atoms with Crippen molar-refractivity contribution in [1.82, 2.24) is 15.1 Å². The third-order valence-corrected chi connectivity index (χ3v) is 5.30. The second-order valence-electron chi connectivity index (χ2n) is 7.12. The van der Waals surface area contributed by atoms with Crippen molar-refractivity contribution in [2.24, 2.45) is 5.92 Å². The van der Waals surface area contributed by atoms with Gasteiger partial charge in [0.1, 0.15) is 0 Å². The van der Waals surface area contributed by atoms with Crippen LogP contribution in [0.1, 0.15) is 46.4 Å². The monoisotopic (exact) mass is 387 g/mol. The third-order valence-electron chi connectivity index (χ3n) is 5.30. The molecule has 0 aromatic heterocycles. The molecular weight excluding hydrogens is 362 g/mol. The van der Waals surface area contributed by atoms with Crippen LogP contribution in [0.5, 0.6) is 0 Å². The maximum atomic E-state index is 12.3. The van der Waals surface area contributed by atoms with E-state index < -0.39 is 0 Å². The fraction of sp³-hybridized carbons (Fsp3) is 0.500. The number of fused-ring (bicyclic) bond motifs is 1. The molecule has 1 saturated heterocycles.